The minimum absolute atomic E-state index is 0.00286. The van der Waals surface area contributed by atoms with Crippen LogP contribution in [0.4, 0.5) is 0 Å². The van der Waals surface area contributed by atoms with E-state index in [9.17, 15) is 67.4 Å². The fourth-order valence-corrected chi connectivity index (χ4v) is 14.6. The van der Waals surface area contributed by atoms with Crippen LogP contribution in [-0.2, 0) is 96.0 Å². The van der Waals surface area contributed by atoms with Crippen molar-refractivity contribution in [1.29, 1.82) is 5.41 Å². The summed E-state index contributed by atoms with van der Waals surface area (Å²) in [5, 5.41) is 43.4. The van der Waals surface area contributed by atoms with E-state index in [1.54, 1.807) is 91.3 Å². The number of guanidine groups is 1. The van der Waals surface area contributed by atoms with Crippen LogP contribution in [0.15, 0.2) is 91.3 Å². The van der Waals surface area contributed by atoms with E-state index in [0.29, 0.717) is 70.6 Å². The standard InChI is InChI=1S/C79H115N23O17S/c1-8-10-28-60(100(6)77(118)61(29-11-9-2)101(7)75(116)55(35-47-38-89-51-26-18-16-24-49(47)51)95-72(113)57(41-103)96-71(112)53(91-64(106)40-98(4)78(119)66(82)83)34-46-37-88-50-25-17-15-23-48(46)50)73(114)93-52(27-19-31-87-79(85)86)70(111)97-58(69(110)90-39-63(81)105)42-120-43-65(107)92-54(33-45-21-13-12-14-22-45)74(115)99(5)44(3)68(109)94-56(36-62(80)104)76(117)102-32-20-30-59(102)67(84)108/h12-18,21-26,37-38,44,52-61,66,88-89,103H,8-11,19-20,27-36,39-43,82-83H2,1-7H3,(H2,80,104)(H2,81,105)(H2,84,108)(H,90,110)(H,91,106)(H,92,107)(H,93,114)(H,94,109)(H,95,113)(H,96,112)(H,97,111)(H4,85,86,87)/t44-,52-,53-,54-,55-,56-,57-,58-,59-,60-,61-/m0/s1. The molecule has 120 heavy (non-hydrogen) atoms. The van der Waals surface area contributed by atoms with Crippen molar-refractivity contribution in [2.45, 2.75) is 183 Å². The van der Waals surface area contributed by atoms with Gasteiger partial charge in [-0.15, -0.1) is 11.8 Å². The van der Waals surface area contributed by atoms with Crippen LogP contribution >= 0.6 is 11.8 Å². The van der Waals surface area contributed by atoms with E-state index in [4.69, 9.17) is 39.8 Å². The average molecular weight is 1690 g/mol. The summed E-state index contributed by atoms with van der Waals surface area (Å²) in [5.41, 5.74) is 36.2. The molecule has 2 aromatic heterocycles. The molecule has 25 N–H and O–H groups in total. The second kappa shape index (κ2) is 47.4. The van der Waals surface area contributed by atoms with E-state index in [0.717, 1.165) is 36.3 Å². The number of primary amides is 3. The number of fused-ring (bicyclic) bond motifs is 2. The number of aliphatic hydroxyl groups excluding tert-OH is 1. The van der Waals surface area contributed by atoms with Gasteiger partial charge in [0.15, 0.2) is 5.96 Å². The highest BCUT2D eigenvalue weighted by Crippen LogP contribution is 2.25. The van der Waals surface area contributed by atoms with Gasteiger partial charge in [-0.05, 0) is 74.3 Å². The molecule has 1 fully saturated rings. The Kier molecular flexibility index (Phi) is 38.1. The Morgan fingerprint density at radius 3 is 1.63 bits per heavy atom. The molecule has 0 unspecified atom stereocenters. The molecule has 0 spiro atoms. The molecule has 0 bridgehead atoms. The number of carbonyl (C=O) groups excluding carboxylic acids is 16. The fourth-order valence-electron chi connectivity index (χ4n) is 13.7. The second-order valence-corrected chi connectivity index (χ2v) is 30.6. The number of nitrogens with zero attached hydrogens (tertiary/aromatic N) is 5. The van der Waals surface area contributed by atoms with Gasteiger partial charge < -0.3 is 122 Å². The SMILES string of the molecule is CCCC[C@@H](C(=O)N(C)[C@@H](CCCC)C(=O)N[C@@H](CCCNC(=N)N)C(=O)N[C@@H](CSCC(=O)N[C@@H](Cc1ccccc1)C(=O)N(C)[C@@H](C)C(=O)N[C@@H](CC(N)=O)C(=O)N1CCC[C@H]1C(N)=O)C(=O)NCC(N)=O)N(C)C(=O)[C@H](Cc1c[nH]c2ccccc12)NC(=O)[C@H](CO)NC(=O)[C@H](Cc1c[nH]c2ccccc12)NC(=O)CN(C)C(=O)C(N)N. The minimum atomic E-state index is -1.77. The predicted molar refractivity (Wildman–Crippen MR) is 445 cm³/mol. The van der Waals surface area contributed by atoms with Gasteiger partial charge in [0.2, 0.25) is 88.6 Å². The molecule has 1 aliphatic heterocycles. The maximum atomic E-state index is 15.5. The summed E-state index contributed by atoms with van der Waals surface area (Å²) in [6.07, 6.45) is 2.98. The Hall–Kier alpha value is -12.2. The summed E-state index contributed by atoms with van der Waals surface area (Å²) in [7, 11) is 5.27. The molecular formula is C79H115N23O17S. The monoisotopic (exact) mass is 1690 g/mol. The molecule has 1 saturated heterocycles. The zero-order valence-corrected chi connectivity index (χ0v) is 69.3. The second-order valence-electron chi connectivity index (χ2n) is 29.5. The Morgan fingerprint density at radius 2 is 1.06 bits per heavy atom. The Bertz CT molecular complexity index is 4450. The highest BCUT2D eigenvalue weighted by molar-refractivity contribution is 8.00. The van der Waals surface area contributed by atoms with Crippen LogP contribution in [0.5, 0.6) is 0 Å². The number of nitrogens with one attached hydrogen (secondary N) is 12. The summed E-state index contributed by atoms with van der Waals surface area (Å²) in [6, 6.07) is 6.97. The van der Waals surface area contributed by atoms with E-state index < -0.39 is 211 Å². The van der Waals surface area contributed by atoms with Gasteiger partial charge in [-0.3, -0.25) is 82.1 Å². The van der Waals surface area contributed by atoms with Gasteiger partial charge in [0.25, 0.3) is 5.91 Å². The van der Waals surface area contributed by atoms with Crippen LogP contribution in [0.2, 0.25) is 0 Å². The van der Waals surface area contributed by atoms with Gasteiger partial charge in [0.1, 0.15) is 72.6 Å². The molecule has 3 heterocycles. The van der Waals surface area contributed by atoms with E-state index in [-0.39, 0.29) is 64.5 Å². The first kappa shape index (κ1) is 96.6. The number of aliphatic hydroxyl groups is 1. The number of H-pyrrole nitrogens is 2. The summed E-state index contributed by atoms with van der Waals surface area (Å²) < 4.78 is 0. The lowest BCUT2D eigenvalue weighted by Gasteiger charge is -2.36. The molecule has 41 heteroatoms. The summed E-state index contributed by atoms with van der Waals surface area (Å²) in [5.74, 6) is -15.1. The normalized spacial score (nSPS) is 15.0. The molecule has 5 aromatic rings. The number of unbranched alkanes of at least 4 members (excludes halogenated alkanes) is 2. The summed E-state index contributed by atoms with van der Waals surface area (Å²) in [4.78, 5) is 234. The van der Waals surface area contributed by atoms with Gasteiger partial charge in [-0.2, -0.15) is 0 Å². The van der Waals surface area contributed by atoms with Gasteiger partial charge >= 0.3 is 0 Å². The number of aromatic amines is 2. The number of aromatic nitrogens is 2. The van der Waals surface area contributed by atoms with Crippen LogP contribution in [-0.4, -0.2) is 285 Å². The average Bonchev–Trinajstić information content (AvgIpc) is 1.33. The molecule has 40 nitrogen and oxygen atoms in total. The number of likely N-dealkylation sites (N-methyl/N-ethyl adjacent to an activating group) is 4. The Labute approximate surface area is 698 Å². The fraction of sp³-hybridized carbons (Fsp3) is 0.506. The smallest absolute Gasteiger partial charge is 0.254 e. The van der Waals surface area contributed by atoms with Crippen molar-refractivity contribution in [2.75, 3.05) is 72.5 Å². The molecule has 16 amide bonds. The Balaban J connectivity index is 1.23. The number of rotatable bonds is 49. The van der Waals surface area contributed by atoms with E-state index >= 15 is 14.4 Å². The third-order valence-electron chi connectivity index (χ3n) is 20.5. The van der Waals surface area contributed by atoms with E-state index in [1.165, 1.54) is 35.1 Å². The summed E-state index contributed by atoms with van der Waals surface area (Å²) >= 11 is 0.803. The largest absolute Gasteiger partial charge is 0.394 e. The number of hydrogen-bond donors (Lipinski definition) is 19. The first-order valence-electron chi connectivity index (χ1n) is 39.5. The topological polar surface area (TPSA) is 629 Å². The number of likely N-dealkylation sites (tertiary alicyclic amines) is 1. The van der Waals surface area contributed by atoms with Crippen molar-refractivity contribution in [1.82, 2.24) is 82.3 Å². The lowest BCUT2D eigenvalue weighted by Crippen LogP contribution is -2.61. The van der Waals surface area contributed by atoms with Crippen LogP contribution in [0, 0.1) is 5.41 Å². The molecular weight excluding hydrogens is 1580 g/mol. The molecule has 654 valence electrons. The Morgan fingerprint density at radius 1 is 0.542 bits per heavy atom. The lowest BCUT2D eigenvalue weighted by molar-refractivity contribution is -0.149. The lowest BCUT2D eigenvalue weighted by atomic mass is 10.00. The number of para-hydroxylation sites is 2. The first-order valence-corrected chi connectivity index (χ1v) is 40.7. The van der Waals surface area contributed by atoms with Gasteiger partial charge in [0, 0.05) is 100 Å². The molecule has 1 aliphatic rings. The van der Waals surface area contributed by atoms with Crippen molar-refractivity contribution in [3.05, 3.63) is 108 Å². The number of amides is 16. The van der Waals surface area contributed by atoms with Crippen molar-refractivity contribution < 1.29 is 81.8 Å². The zero-order valence-electron chi connectivity index (χ0n) is 68.5. The van der Waals surface area contributed by atoms with Crippen molar-refractivity contribution >= 4 is 134 Å². The first-order chi connectivity index (χ1) is 57.0. The van der Waals surface area contributed by atoms with Crippen LogP contribution < -0.4 is 82.3 Å². The summed E-state index contributed by atoms with van der Waals surface area (Å²) in [6.45, 7) is 2.85. The zero-order chi connectivity index (χ0) is 88.6. The molecule has 11 atom stereocenters. The van der Waals surface area contributed by atoms with Crippen molar-refractivity contribution in [3.63, 3.8) is 0 Å². The molecule has 3 aromatic carbocycles. The van der Waals surface area contributed by atoms with E-state index in [1.807, 2.05) is 13.8 Å². The van der Waals surface area contributed by atoms with Gasteiger partial charge in [-0.25, -0.2) is 0 Å². The van der Waals surface area contributed by atoms with Crippen molar-refractivity contribution in [3.8, 4) is 0 Å². The number of benzene rings is 3. The van der Waals surface area contributed by atoms with Gasteiger partial charge in [-0.1, -0.05) is 106 Å². The quantitative estimate of drug-likeness (QED) is 0.00756. The van der Waals surface area contributed by atoms with E-state index in [2.05, 4.69) is 57.8 Å². The number of hydrogen-bond acceptors (Lipinski definition) is 21. The van der Waals surface area contributed by atoms with Crippen LogP contribution in [0.1, 0.15) is 108 Å². The number of nitrogens with two attached hydrogens (primary N) is 6. The third kappa shape index (κ3) is 28.5. The predicted octanol–water partition coefficient (Wildman–Crippen LogP) is -4.40. The molecule has 6 rings (SSSR count). The van der Waals surface area contributed by atoms with Crippen molar-refractivity contribution in [2.24, 2.45) is 34.4 Å². The molecule has 0 radical (unpaired) electrons. The minimum Gasteiger partial charge on any atom is -0.394 e. The number of carbonyl (C=O) groups is 16. The highest BCUT2D eigenvalue weighted by atomic mass is 32.2. The molecule has 0 saturated carbocycles. The van der Waals surface area contributed by atoms with Gasteiger partial charge in [0.05, 0.1) is 31.9 Å². The van der Waals surface area contributed by atoms with Crippen LogP contribution in [0.25, 0.3) is 21.8 Å². The van der Waals surface area contributed by atoms with Crippen LogP contribution in [0.3, 0.4) is 0 Å². The highest BCUT2D eigenvalue weighted by Gasteiger charge is 2.42. The molecule has 0 aliphatic carbocycles. The maximum Gasteiger partial charge on any atom is 0.254 e. The third-order valence-corrected chi connectivity index (χ3v) is 21.6. The number of thioether (sulfide) groups is 1. The maximum absolute atomic E-state index is 15.5.